The fraction of sp³-hybridized carbons (Fsp3) is 0.400. The van der Waals surface area contributed by atoms with E-state index >= 15 is 0 Å². The van der Waals surface area contributed by atoms with Crippen LogP contribution in [0, 0.1) is 11.7 Å². The molecule has 0 heterocycles. The van der Waals surface area contributed by atoms with Crippen LogP contribution in [-0.2, 0) is 0 Å². The molecule has 0 aliphatic heterocycles. The Bertz CT molecular complexity index is 290. The van der Waals surface area contributed by atoms with Gasteiger partial charge < -0.3 is 5.73 Å². The molecule has 2 rings (SSSR count). The minimum Gasteiger partial charge on any atom is -0.330 e. The largest absolute Gasteiger partial charge is 0.330 e. The van der Waals surface area contributed by atoms with E-state index in [1.165, 1.54) is 6.07 Å². The predicted molar refractivity (Wildman–Crippen MR) is 53.6 cm³/mol. The number of halogens is 2. The normalized spacial score (nSPS) is 25.1. The standard InChI is InChI=1S/C10H12FN.ClH/c11-9-3-1-2-7(4-9)10-5-8(10)6-12;/h1-4,8,10H,5-6,12H2;1H/t8-,10-;/m1./s1. The minimum absolute atomic E-state index is 0. The first kappa shape index (κ1) is 10.5. The van der Waals surface area contributed by atoms with Crippen molar-refractivity contribution < 1.29 is 4.39 Å². The molecule has 1 nitrogen and oxygen atoms in total. The van der Waals surface area contributed by atoms with E-state index in [0.29, 0.717) is 11.8 Å². The highest BCUT2D eigenvalue weighted by atomic mass is 35.5. The molecule has 0 radical (unpaired) electrons. The highest BCUT2D eigenvalue weighted by Crippen LogP contribution is 2.46. The third kappa shape index (κ3) is 2.20. The summed E-state index contributed by atoms with van der Waals surface area (Å²) < 4.78 is 12.8. The highest BCUT2D eigenvalue weighted by molar-refractivity contribution is 5.85. The Morgan fingerprint density at radius 2 is 2.23 bits per heavy atom. The molecule has 72 valence electrons. The summed E-state index contributed by atoms with van der Waals surface area (Å²) in [6, 6.07) is 6.82. The van der Waals surface area contributed by atoms with Gasteiger partial charge in [0.25, 0.3) is 0 Å². The van der Waals surface area contributed by atoms with Gasteiger partial charge in [-0.05, 0) is 42.5 Å². The van der Waals surface area contributed by atoms with Gasteiger partial charge in [0.15, 0.2) is 0 Å². The van der Waals surface area contributed by atoms with Gasteiger partial charge in [0.05, 0.1) is 0 Å². The molecule has 1 aromatic rings. The summed E-state index contributed by atoms with van der Waals surface area (Å²) in [5.74, 6) is 0.965. The van der Waals surface area contributed by atoms with Crippen LogP contribution < -0.4 is 5.73 Å². The van der Waals surface area contributed by atoms with E-state index in [0.717, 1.165) is 18.5 Å². The summed E-state index contributed by atoms with van der Waals surface area (Å²) in [7, 11) is 0. The van der Waals surface area contributed by atoms with E-state index in [1.54, 1.807) is 12.1 Å². The second-order valence-corrected chi connectivity index (χ2v) is 3.39. The predicted octanol–water partition coefficient (Wildman–Crippen LogP) is 2.31. The number of benzene rings is 1. The number of hydrogen-bond acceptors (Lipinski definition) is 1. The van der Waals surface area contributed by atoms with E-state index in [2.05, 4.69) is 0 Å². The van der Waals surface area contributed by atoms with Gasteiger partial charge in [0, 0.05) is 0 Å². The molecule has 13 heavy (non-hydrogen) atoms. The maximum Gasteiger partial charge on any atom is 0.123 e. The lowest BCUT2D eigenvalue weighted by molar-refractivity contribution is 0.624. The Hall–Kier alpha value is -0.600. The number of hydrogen-bond donors (Lipinski definition) is 1. The molecular weight excluding hydrogens is 189 g/mol. The molecule has 1 saturated carbocycles. The van der Waals surface area contributed by atoms with Crippen molar-refractivity contribution in [2.24, 2.45) is 11.7 Å². The smallest absolute Gasteiger partial charge is 0.123 e. The molecular formula is C10H13ClFN. The van der Waals surface area contributed by atoms with Gasteiger partial charge in [-0.15, -0.1) is 12.4 Å². The van der Waals surface area contributed by atoms with Crippen LogP contribution in [0.3, 0.4) is 0 Å². The van der Waals surface area contributed by atoms with E-state index in [9.17, 15) is 4.39 Å². The van der Waals surface area contributed by atoms with Crippen molar-refractivity contribution in [1.82, 2.24) is 0 Å². The summed E-state index contributed by atoms with van der Waals surface area (Å²) in [6.07, 6.45) is 1.12. The van der Waals surface area contributed by atoms with Crippen molar-refractivity contribution in [3.05, 3.63) is 35.6 Å². The minimum atomic E-state index is -0.143. The summed E-state index contributed by atoms with van der Waals surface area (Å²) >= 11 is 0. The van der Waals surface area contributed by atoms with Crippen LogP contribution >= 0.6 is 12.4 Å². The first-order valence-electron chi connectivity index (χ1n) is 4.27. The van der Waals surface area contributed by atoms with Gasteiger partial charge in [-0.1, -0.05) is 12.1 Å². The highest BCUT2D eigenvalue weighted by Gasteiger charge is 2.36. The van der Waals surface area contributed by atoms with Crippen LogP contribution in [0.1, 0.15) is 17.9 Å². The third-order valence-electron chi connectivity index (χ3n) is 2.50. The van der Waals surface area contributed by atoms with Crippen LogP contribution in [-0.4, -0.2) is 6.54 Å². The molecule has 0 bridgehead atoms. The molecule has 1 aliphatic rings. The average molecular weight is 202 g/mol. The zero-order valence-corrected chi connectivity index (χ0v) is 8.06. The van der Waals surface area contributed by atoms with Gasteiger partial charge in [0.1, 0.15) is 5.82 Å². The Balaban J connectivity index is 0.000000845. The molecule has 1 aromatic carbocycles. The van der Waals surface area contributed by atoms with Gasteiger partial charge in [0.2, 0.25) is 0 Å². The fourth-order valence-electron chi connectivity index (χ4n) is 1.65. The number of nitrogens with two attached hydrogens (primary N) is 1. The van der Waals surface area contributed by atoms with Crippen molar-refractivity contribution in [2.45, 2.75) is 12.3 Å². The maximum absolute atomic E-state index is 12.8. The summed E-state index contributed by atoms with van der Waals surface area (Å²) in [5.41, 5.74) is 6.61. The lowest BCUT2D eigenvalue weighted by atomic mass is 10.1. The maximum atomic E-state index is 12.8. The van der Waals surface area contributed by atoms with Crippen molar-refractivity contribution in [3.63, 3.8) is 0 Å². The van der Waals surface area contributed by atoms with Crippen molar-refractivity contribution in [2.75, 3.05) is 6.54 Å². The van der Waals surface area contributed by atoms with E-state index in [1.807, 2.05) is 6.07 Å². The molecule has 1 fully saturated rings. The van der Waals surface area contributed by atoms with E-state index in [4.69, 9.17) is 5.73 Å². The molecule has 1 aliphatic carbocycles. The van der Waals surface area contributed by atoms with E-state index in [-0.39, 0.29) is 18.2 Å². The first-order chi connectivity index (χ1) is 5.81. The van der Waals surface area contributed by atoms with Crippen molar-refractivity contribution in [1.29, 1.82) is 0 Å². The van der Waals surface area contributed by atoms with Crippen LogP contribution in [0.4, 0.5) is 4.39 Å². The topological polar surface area (TPSA) is 26.0 Å². The summed E-state index contributed by atoms with van der Waals surface area (Å²) in [4.78, 5) is 0. The van der Waals surface area contributed by atoms with Crippen LogP contribution in [0.2, 0.25) is 0 Å². The van der Waals surface area contributed by atoms with Crippen molar-refractivity contribution in [3.8, 4) is 0 Å². The molecule has 0 unspecified atom stereocenters. The van der Waals surface area contributed by atoms with Crippen LogP contribution in [0.5, 0.6) is 0 Å². The second kappa shape index (κ2) is 4.07. The average Bonchev–Trinajstić information content (AvgIpc) is 2.83. The lowest BCUT2D eigenvalue weighted by Crippen LogP contribution is -2.01. The van der Waals surface area contributed by atoms with Gasteiger partial charge in [-0.2, -0.15) is 0 Å². The fourth-order valence-corrected chi connectivity index (χ4v) is 1.65. The molecule has 0 amide bonds. The summed E-state index contributed by atoms with van der Waals surface area (Å²) in [5, 5.41) is 0. The quantitative estimate of drug-likeness (QED) is 0.781. The molecule has 2 atom stereocenters. The number of rotatable bonds is 2. The monoisotopic (exact) mass is 201 g/mol. The Morgan fingerprint density at radius 3 is 2.77 bits per heavy atom. The Labute approximate surface area is 83.5 Å². The second-order valence-electron chi connectivity index (χ2n) is 3.39. The summed E-state index contributed by atoms with van der Waals surface area (Å²) in [6.45, 7) is 0.723. The molecule has 0 spiro atoms. The van der Waals surface area contributed by atoms with Gasteiger partial charge >= 0.3 is 0 Å². The van der Waals surface area contributed by atoms with Crippen LogP contribution in [0.25, 0.3) is 0 Å². The van der Waals surface area contributed by atoms with Crippen LogP contribution in [0.15, 0.2) is 24.3 Å². The SMILES string of the molecule is Cl.NC[C@H]1C[C@@H]1c1cccc(F)c1. The lowest BCUT2D eigenvalue weighted by Gasteiger charge is -1.98. The zero-order valence-electron chi connectivity index (χ0n) is 7.24. The zero-order chi connectivity index (χ0) is 8.55. The molecule has 3 heteroatoms. The molecule has 0 saturated heterocycles. The molecule has 2 N–H and O–H groups in total. The molecule has 0 aromatic heterocycles. The third-order valence-corrected chi connectivity index (χ3v) is 2.50. The Morgan fingerprint density at radius 1 is 1.46 bits per heavy atom. The first-order valence-corrected chi connectivity index (χ1v) is 4.27. The Kier molecular flexibility index (Phi) is 3.28. The van der Waals surface area contributed by atoms with E-state index < -0.39 is 0 Å². The van der Waals surface area contributed by atoms with Gasteiger partial charge in [-0.25, -0.2) is 4.39 Å². The van der Waals surface area contributed by atoms with Crippen molar-refractivity contribution >= 4 is 12.4 Å². The van der Waals surface area contributed by atoms with Gasteiger partial charge in [-0.3, -0.25) is 0 Å².